The van der Waals surface area contributed by atoms with E-state index in [1.54, 1.807) is 12.1 Å². The molecule has 0 radical (unpaired) electrons. The van der Waals surface area contributed by atoms with Gasteiger partial charge in [-0.15, -0.1) is 0 Å². The van der Waals surface area contributed by atoms with Crippen LogP contribution in [0.15, 0.2) is 36.7 Å². The third-order valence-electron chi connectivity index (χ3n) is 2.94. The lowest BCUT2D eigenvalue weighted by Gasteiger charge is -2.08. The monoisotopic (exact) mass is 262 g/mol. The van der Waals surface area contributed by atoms with E-state index in [0.29, 0.717) is 6.54 Å². The molecule has 1 aromatic carbocycles. The highest BCUT2D eigenvalue weighted by atomic mass is 19.1. The Morgan fingerprint density at radius 2 is 2.16 bits per heavy atom. The van der Waals surface area contributed by atoms with Gasteiger partial charge in [-0.25, -0.2) is 4.39 Å². The molecule has 4 heteroatoms. The van der Waals surface area contributed by atoms with Crippen molar-refractivity contribution in [2.75, 3.05) is 12.4 Å². The zero-order chi connectivity index (χ0) is 13.7. The number of anilines is 1. The molecule has 1 aromatic heterocycles. The van der Waals surface area contributed by atoms with Crippen LogP contribution in [0.2, 0.25) is 0 Å². The summed E-state index contributed by atoms with van der Waals surface area (Å²) >= 11 is 0. The van der Waals surface area contributed by atoms with Gasteiger partial charge in [0.25, 0.3) is 0 Å². The van der Waals surface area contributed by atoms with Gasteiger partial charge in [-0.3, -0.25) is 0 Å². The van der Waals surface area contributed by atoms with Crippen molar-refractivity contribution >= 4 is 5.69 Å². The van der Waals surface area contributed by atoms with E-state index in [0.717, 1.165) is 18.7 Å². The van der Waals surface area contributed by atoms with Crippen molar-refractivity contribution in [1.29, 1.82) is 0 Å². The highest BCUT2D eigenvalue weighted by molar-refractivity contribution is 5.49. The van der Waals surface area contributed by atoms with Crippen molar-refractivity contribution in [3.05, 3.63) is 48.0 Å². The maximum absolute atomic E-state index is 13.3. The van der Waals surface area contributed by atoms with Crippen molar-refractivity contribution in [2.45, 2.75) is 26.4 Å². The number of methoxy groups -OCH3 is 1. The average Bonchev–Trinajstić information content (AvgIpc) is 2.86. The van der Waals surface area contributed by atoms with Crippen LogP contribution in [0.3, 0.4) is 0 Å². The van der Waals surface area contributed by atoms with E-state index in [1.165, 1.54) is 18.7 Å². The van der Waals surface area contributed by atoms with Crippen molar-refractivity contribution in [3.8, 4) is 5.75 Å². The number of halogens is 1. The predicted molar refractivity (Wildman–Crippen MR) is 75.0 cm³/mol. The summed E-state index contributed by atoms with van der Waals surface area (Å²) < 4.78 is 20.4. The lowest BCUT2D eigenvalue weighted by molar-refractivity contribution is 0.387. The van der Waals surface area contributed by atoms with Gasteiger partial charge in [0, 0.05) is 37.2 Å². The first kappa shape index (κ1) is 13.5. The molecule has 0 aliphatic carbocycles. The van der Waals surface area contributed by atoms with E-state index in [-0.39, 0.29) is 11.6 Å². The third kappa shape index (κ3) is 3.50. The van der Waals surface area contributed by atoms with Gasteiger partial charge in [-0.05, 0) is 30.2 Å². The highest BCUT2D eigenvalue weighted by Crippen LogP contribution is 2.21. The molecule has 3 nitrogen and oxygen atoms in total. The van der Waals surface area contributed by atoms with E-state index in [1.807, 2.05) is 0 Å². The first-order chi connectivity index (χ1) is 9.22. The van der Waals surface area contributed by atoms with E-state index in [2.05, 4.69) is 35.3 Å². The van der Waals surface area contributed by atoms with Gasteiger partial charge in [0.05, 0.1) is 7.11 Å². The molecule has 0 amide bonds. The van der Waals surface area contributed by atoms with Gasteiger partial charge < -0.3 is 14.6 Å². The van der Waals surface area contributed by atoms with Crippen molar-refractivity contribution in [3.63, 3.8) is 0 Å². The largest absolute Gasteiger partial charge is 0.494 e. The predicted octanol–water partition coefficient (Wildman–Crippen LogP) is 3.66. The molecule has 1 heterocycles. The molecule has 0 saturated carbocycles. The van der Waals surface area contributed by atoms with E-state index < -0.39 is 0 Å². The van der Waals surface area contributed by atoms with Gasteiger partial charge in [-0.1, -0.05) is 6.92 Å². The number of aromatic nitrogens is 1. The topological polar surface area (TPSA) is 26.2 Å². The second kappa shape index (κ2) is 6.27. The Hall–Kier alpha value is -1.97. The maximum atomic E-state index is 13.3. The fourth-order valence-corrected chi connectivity index (χ4v) is 1.97. The number of hydrogen-bond donors (Lipinski definition) is 1. The summed E-state index contributed by atoms with van der Waals surface area (Å²) in [5, 5.41) is 3.26. The van der Waals surface area contributed by atoms with Crippen LogP contribution in [0.1, 0.15) is 18.9 Å². The molecule has 0 fully saturated rings. The molecular weight excluding hydrogens is 243 g/mol. The first-order valence-electron chi connectivity index (χ1n) is 6.45. The fourth-order valence-electron chi connectivity index (χ4n) is 1.97. The molecule has 0 bridgehead atoms. The first-order valence-corrected chi connectivity index (χ1v) is 6.45. The van der Waals surface area contributed by atoms with Gasteiger partial charge >= 0.3 is 0 Å². The molecule has 102 valence electrons. The van der Waals surface area contributed by atoms with Crippen LogP contribution in [0.5, 0.6) is 5.75 Å². The normalized spacial score (nSPS) is 10.5. The standard InChI is InChI=1S/C15H19FN2O/c1-3-7-18-8-6-12(11-18)10-17-13-4-5-14(16)15(9-13)19-2/h4-6,8-9,11,17H,3,7,10H2,1-2H3. The Bertz CT molecular complexity index is 537. The van der Waals surface area contributed by atoms with Crippen LogP contribution in [0.25, 0.3) is 0 Å². The van der Waals surface area contributed by atoms with Gasteiger partial charge in [0.1, 0.15) is 0 Å². The van der Waals surface area contributed by atoms with Gasteiger partial charge in [0.15, 0.2) is 11.6 Å². The minimum Gasteiger partial charge on any atom is -0.494 e. The zero-order valence-corrected chi connectivity index (χ0v) is 11.3. The Morgan fingerprint density at radius 1 is 1.32 bits per heavy atom. The number of rotatable bonds is 6. The van der Waals surface area contributed by atoms with Crippen molar-refractivity contribution in [1.82, 2.24) is 4.57 Å². The lowest BCUT2D eigenvalue weighted by atomic mass is 10.2. The summed E-state index contributed by atoms with van der Waals surface area (Å²) in [6, 6.07) is 6.87. The summed E-state index contributed by atoms with van der Waals surface area (Å²) in [5.41, 5.74) is 2.05. The SMILES string of the molecule is CCCn1ccc(CNc2ccc(F)c(OC)c2)c1. The molecule has 0 unspecified atom stereocenters. The Morgan fingerprint density at radius 3 is 2.89 bits per heavy atom. The number of aryl methyl sites for hydroxylation is 1. The smallest absolute Gasteiger partial charge is 0.165 e. The Labute approximate surface area is 113 Å². The van der Waals surface area contributed by atoms with Crippen LogP contribution in [0.4, 0.5) is 10.1 Å². The van der Waals surface area contributed by atoms with Crippen LogP contribution < -0.4 is 10.1 Å². The van der Waals surface area contributed by atoms with E-state index in [4.69, 9.17) is 4.74 Å². The van der Waals surface area contributed by atoms with Gasteiger partial charge in [0.2, 0.25) is 0 Å². The third-order valence-corrected chi connectivity index (χ3v) is 2.94. The zero-order valence-electron chi connectivity index (χ0n) is 11.3. The Balaban J connectivity index is 1.97. The minimum absolute atomic E-state index is 0.258. The average molecular weight is 262 g/mol. The van der Waals surface area contributed by atoms with Crippen LogP contribution >= 0.6 is 0 Å². The maximum Gasteiger partial charge on any atom is 0.165 e. The molecule has 2 rings (SSSR count). The van der Waals surface area contributed by atoms with E-state index in [9.17, 15) is 4.39 Å². The molecule has 0 aliphatic heterocycles. The number of nitrogens with zero attached hydrogens (tertiary/aromatic N) is 1. The second-order valence-corrected chi connectivity index (χ2v) is 4.46. The van der Waals surface area contributed by atoms with Crippen LogP contribution in [-0.4, -0.2) is 11.7 Å². The van der Waals surface area contributed by atoms with Crippen molar-refractivity contribution in [2.24, 2.45) is 0 Å². The number of ether oxygens (including phenoxy) is 1. The molecule has 0 atom stereocenters. The highest BCUT2D eigenvalue weighted by Gasteiger charge is 2.03. The van der Waals surface area contributed by atoms with Crippen LogP contribution in [-0.2, 0) is 13.1 Å². The minimum atomic E-state index is -0.345. The summed E-state index contributed by atoms with van der Waals surface area (Å²) in [4.78, 5) is 0. The molecule has 1 N–H and O–H groups in total. The summed E-state index contributed by atoms with van der Waals surface area (Å²) in [5.74, 6) is -0.0873. The molecule has 0 saturated heterocycles. The molecule has 0 spiro atoms. The summed E-state index contributed by atoms with van der Waals surface area (Å²) in [7, 11) is 1.47. The second-order valence-electron chi connectivity index (χ2n) is 4.46. The molecular formula is C15H19FN2O. The summed E-state index contributed by atoms with van der Waals surface area (Å²) in [6.07, 6.45) is 5.32. The quantitative estimate of drug-likeness (QED) is 0.860. The van der Waals surface area contributed by atoms with Crippen molar-refractivity contribution < 1.29 is 9.13 Å². The van der Waals surface area contributed by atoms with E-state index >= 15 is 0 Å². The fraction of sp³-hybridized carbons (Fsp3) is 0.333. The van der Waals surface area contributed by atoms with Gasteiger partial charge in [-0.2, -0.15) is 0 Å². The Kier molecular flexibility index (Phi) is 4.44. The number of hydrogen-bond acceptors (Lipinski definition) is 2. The molecule has 2 aromatic rings. The molecule has 0 aliphatic rings. The molecule has 19 heavy (non-hydrogen) atoms. The number of nitrogens with one attached hydrogen (secondary N) is 1. The van der Waals surface area contributed by atoms with Crippen LogP contribution in [0, 0.1) is 5.82 Å². The lowest BCUT2D eigenvalue weighted by Crippen LogP contribution is -2.00. The summed E-state index contributed by atoms with van der Waals surface area (Å²) in [6.45, 7) is 3.90. The number of benzene rings is 1.